The lowest BCUT2D eigenvalue weighted by Gasteiger charge is -2.23. The van der Waals surface area contributed by atoms with E-state index in [1.807, 2.05) is 45.9 Å². The molecular formula is C36H62N2O. The number of rotatable bonds is 10. The Morgan fingerprint density at radius 2 is 1.03 bits per heavy atom. The molecule has 39 heavy (non-hydrogen) atoms. The summed E-state index contributed by atoms with van der Waals surface area (Å²) in [5.74, 6) is 0.722. The number of hydrogen-bond donors (Lipinski definition) is 2. The van der Waals surface area contributed by atoms with Gasteiger partial charge in [-0.1, -0.05) is 158 Å². The molecular weight excluding hydrogens is 476 g/mol. The molecule has 0 fully saturated rings. The number of aryl methyl sites for hydroxylation is 1. The maximum absolute atomic E-state index is 7.00. The normalized spacial score (nSPS) is 9.15. The molecule has 3 aromatic carbocycles. The topological polar surface area (TPSA) is 35.5 Å². The lowest BCUT2D eigenvalue weighted by atomic mass is 10.1. The first kappa shape index (κ1) is 41.0. The maximum atomic E-state index is 7.00. The molecule has 0 aliphatic rings. The second-order valence-corrected chi connectivity index (χ2v) is 9.00. The van der Waals surface area contributed by atoms with E-state index in [0.717, 1.165) is 45.8 Å². The van der Waals surface area contributed by atoms with E-state index in [1.165, 1.54) is 29.5 Å². The van der Waals surface area contributed by atoms with Crippen LogP contribution in [-0.4, -0.2) is 36.8 Å². The van der Waals surface area contributed by atoms with E-state index in [1.54, 1.807) is 0 Å². The number of benzene rings is 3. The van der Waals surface area contributed by atoms with Crippen molar-refractivity contribution in [2.45, 2.75) is 88.2 Å². The SMILES string of the molecule is CC.CC.CC(C)CNCCCN(Cc1ccccc1)Cc1ccccc1.CCC.CO.Cc1ccccc1. The Kier molecular flexibility index (Phi) is 35.3. The number of aliphatic hydroxyl groups is 1. The van der Waals surface area contributed by atoms with E-state index in [4.69, 9.17) is 5.11 Å². The molecule has 0 amide bonds. The number of nitrogens with one attached hydrogen (secondary N) is 1. The van der Waals surface area contributed by atoms with E-state index in [0.29, 0.717) is 0 Å². The third-order valence-electron chi connectivity index (χ3n) is 4.82. The minimum Gasteiger partial charge on any atom is -0.400 e. The zero-order valence-electron chi connectivity index (χ0n) is 27.1. The quantitative estimate of drug-likeness (QED) is 0.252. The van der Waals surface area contributed by atoms with Gasteiger partial charge in [0.05, 0.1) is 0 Å². The highest BCUT2D eigenvalue weighted by Gasteiger charge is 2.07. The second-order valence-electron chi connectivity index (χ2n) is 9.00. The van der Waals surface area contributed by atoms with Crippen molar-refractivity contribution in [1.82, 2.24) is 10.2 Å². The first-order chi connectivity index (χ1) is 19.0. The molecule has 3 aromatic rings. The van der Waals surface area contributed by atoms with Crippen LogP contribution in [0.1, 0.15) is 84.9 Å². The third kappa shape index (κ3) is 28.4. The zero-order valence-corrected chi connectivity index (χ0v) is 27.1. The van der Waals surface area contributed by atoms with Crippen LogP contribution in [0.25, 0.3) is 0 Å². The number of nitrogens with zero attached hydrogens (tertiary/aromatic N) is 1. The van der Waals surface area contributed by atoms with Crippen LogP contribution >= 0.6 is 0 Å². The summed E-state index contributed by atoms with van der Waals surface area (Å²) in [5, 5.41) is 10.5. The molecule has 0 heterocycles. The average Bonchev–Trinajstić information content (AvgIpc) is 2.98. The molecule has 0 bridgehead atoms. The van der Waals surface area contributed by atoms with Gasteiger partial charge >= 0.3 is 0 Å². The van der Waals surface area contributed by atoms with Crippen molar-refractivity contribution in [2.75, 3.05) is 26.7 Å². The van der Waals surface area contributed by atoms with Crippen molar-refractivity contribution in [2.24, 2.45) is 5.92 Å². The van der Waals surface area contributed by atoms with Gasteiger partial charge in [-0.15, -0.1) is 0 Å². The zero-order chi connectivity index (χ0) is 30.2. The second kappa shape index (κ2) is 33.6. The van der Waals surface area contributed by atoms with Gasteiger partial charge in [0.25, 0.3) is 0 Å². The van der Waals surface area contributed by atoms with E-state index in [2.05, 4.69) is 118 Å². The highest BCUT2D eigenvalue weighted by molar-refractivity contribution is 5.17. The largest absolute Gasteiger partial charge is 0.400 e. The van der Waals surface area contributed by atoms with Gasteiger partial charge in [-0.05, 0) is 43.5 Å². The van der Waals surface area contributed by atoms with Crippen molar-refractivity contribution < 1.29 is 5.11 Å². The molecule has 0 saturated heterocycles. The van der Waals surface area contributed by atoms with Crippen molar-refractivity contribution in [3.8, 4) is 0 Å². The molecule has 3 nitrogen and oxygen atoms in total. The molecule has 0 aromatic heterocycles. The molecule has 0 radical (unpaired) electrons. The molecule has 0 unspecified atom stereocenters. The molecule has 3 rings (SSSR count). The fourth-order valence-electron chi connectivity index (χ4n) is 3.25. The van der Waals surface area contributed by atoms with Crippen molar-refractivity contribution >= 4 is 0 Å². The number of aliphatic hydroxyl groups excluding tert-OH is 1. The van der Waals surface area contributed by atoms with Gasteiger partial charge in [-0.3, -0.25) is 4.90 Å². The molecule has 0 aliphatic heterocycles. The van der Waals surface area contributed by atoms with Crippen LogP contribution in [-0.2, 0) is 13.1 Å². The van der Waals surface area contributed by atoms with Crippen LogP contribution in [0.5, 0.6) is 0 Å². The van der Waals surface area contributed by atoms with Gasteiger partial charge in [-0.2, -0.15) is 0 Å². The smallest absolute Gasteiger partial charge is 0.0319 e. The lowest BCUT2D eigenvalue weighted by Crippen LogP contribution is -2.28. The molecule has 222 valence electrons. The van der Waals surface area contributed by atoms with Crippen LogP contribution in [0.4, 0.5) is 0 Å². The van der Waals surface area contributed by atoms with Gasteiger partial charge < -0.3 is 10.4 Å². The highest BCUT2D eigenvalue weighted by Crippen LogP contribution is 2.10. The van der Waals surface area contributed by atoms with Crippen LogP contribution in [0, 0.1) is 12.8 Å². The minimum absolute atomic E-state index is 0.722. The van der Waals surface area contributed by atoms with Crippen LogP contribution < -0.4 is 5.32 Å². The first-order valence-electron chi connectivity index (χ1n) is 15.0. The third-order valence-corrected chi connectivity index (χ3v) is 4.82. The van der Waals surface area contributed by atoms with Crippen LogP contribution in [0.2, 0.25) is 0 Å². The fraction of sp³-hybridized carbons (Fsp3) is 0.500. The van der Waals surface area contributed by atoms with Crippen molar-refractivity contribution in [3.63, 3.8) is 0 Å². The summed E-state index contributed by atoms with van der Waals surface area (Å²) >= 11 is 0. The minimum atomic E-state index is 0.722. The lowest BCUT2D eigenvalue weighted by molar-refractivity contribution is 0.252. The molecule has 0 saturated carbocycles. The van der Waals surface area contributed by atoms with E-state index < -0.39 is 0 Å². The molecule has 0 aliphatic carbocycles. The highest BCUT2D eigenvalue weighted by atomic mass is 16.2. The summed E-state index contributed by atoms with van der Waals surface area (Å²) in [7, 11) is 1.00. The Morgan fingerprint density at radius 1 is 0.667 bits per heavy atom. The summed E-state index contributed by atoms with van der Waals surface area (Å²) in [6, 6.07) is 31.8. The molecule has 0 spiro atoms. The summed E-state index contributed by atoms with van der Waals surface area (Å²) in [6.45, 7) is 24.2. The Morgan fingerprint density at radius 3 is 1.33 bits per heavy atom. The van der Waals surface area contributed by atoms with Crippen molar-refractivity contribution in [3.05, 3.63) is 108 Å². The average molecular weight is 539 g/mol. The Bertz CT molecular complexity index is 751. The predicted octanol–water partition coefficient (Wildman–Crippen LogP) is 9.40. The van der Waals surface area contributed by atoms with Gasteiger partial charge in [0.2, 0.25) is 0 Å². The van der Waals surface area contributed by atoms with E-state index in [9.17, 15) is 0 Å². The molecule has 3 heteroatoms. The van der Waals surface area contributed by atoms with Crippen LogP contribution in [0.3, 0.4) is 0 Å². The van der Waals surface area contributed by atoms with E-state index in [-0.39, 0.29) is 0 Å². The summed E-state index contributed by atoms with van der Waals surface area (Å²) in [5.41, 5.74) is 4.10. The number of hydrogen-bond acceptors (Lipinski definition) is 3. The first-order valence-corrected chi connectivity index (χ1v) is 15.0. The Labute approximate surface area is 243 Å². The van der Waals surface area contributed by atoms with E-state index >= 15 is 0 Å². The fourth-order valence-corrected chi connectivity index (χ4v) is 3.25. The van der Waals surface area contributed by atoms with Gasteiger partial charge in [-0.25, -0.2) is 0 Å². The monoisotopic (exact) mass is 538 g/mol. The van der Waals surface area contributed by atoms with Gasteiger partial charge in [0.15, 0.2) is 0 Å². The van der Waals surface area contributed by atoms with Crippen LogP contribution in [0.15, 0.2) is 91.0 Å². The predicted molar refractivity (Wildman–Crippen MR) is 177 cm³/mol. The summed E-state index contributed by atoms with van der Waals surface area (Å²) in [6.07, 6.45) is 2.44. The maximum Gasteiger partial charge on any atom is 0.0319 e. The Hall–Kier alpha value is -2.46. The summed E-state index contributed by atoms with van der Waals surface area (Å²) in [4.78, 5) is 2.54. The van der Waals surface area contributed by atoms with Gasteiger partial charge in [0.1, 0.15) is 0 Å². The Balaban J connectivity index is -0.000000668. The van der Waals surface area contributed by atoms with Gasteiger partial charge in [0, 0.05) is 26.7 Å². The standard InChI is InChI=1S/C21H30N2.C7H8.C3H8.2C2H6.CH4O/c1-19(2)16-22-14-9-15-23(17-20-10-5-3-6-11-20)18-21-12-7-4-8-13-21;1-7-5-3-2-4-6-7;1-3-2;3*1-2/h3-8,10-13,19,22H,9,14-18H2,1-2H3;2-6H,1H3;3H2,1-2H3;2*1-2H3;2H,1H3. The molecule has 2 N–H and O–H groups in total. The summed E-state index contributed by atoms with van der Waals surface area (Å²) < 4.78 is 0. The molecule has 0 atom stereocenters. The van der Waals surface area contributed by atoms with Crippen molar-refractivity contribution in [1.29, 1.82) is 0 Å².